The number of imidazole rings is 1. The molecular formula is C48H49F3N10O6S. The zero-order chi connectivity index (χ0) is 47.3. The molecule has 5 aliphatic rings. The number of carbonyl (C=O) groups is 5. The van der Waals surface area contributed by atoms with E-state index in [1.54, 1.807) is 45.9 Å². The summed E-state index contributed by atoms with van der Waals surface area (Å²) in [6, 6.07) is 13.4. The minimum atomic E-state index is -2.80. The van der Waals surface area contributed by atoms with Gasteiger partial charge >= 0.3 is 0 Å². The van der Waals surface area contributed by atoms with E-state index in [1.165, 1.54) is 28.4 Å². The zero-order valence-electron chi connectivity index (χ0n) is 36.9. The van der Waals surface area contributed by atoms with E-state index in [0.717, 1.165) is 24.3 Å². The molecule has 2 aromatic heterocycles. The molecule has 16 nitrogen and oxygen atoms in total. The Morgan fingerprint density at radius 2 is 1.69 bits per heavy atom. The van der Waals surface area contributed by atoms with Crippen molar-refractivity contribution in [3.05, 3.63) is 106 Å². The second-order valence-corrected chi connectivity index (χ2v) is 18.9. The van der Waals surface area contributed by atoms with Gasteiger partial charge in [-0.1, -0.05) is 12.1 Å². The van der Waals surface area contributed by atoms with Gasteiger partial charge in [0.15, 0.2) is 11.2 Å². The summed E-state index contributed by atoms with van der Waals surface area (Å²) in [7, 11) is 0. The molecule has 5 amide bonds. The molecule has 10 rings (SSSR count). The van der Waals surface area contributed by atoms with E-state index < -0.39 is 47.6 Å². The van der Waals surface area contributed by atoms with E-state index in [4.69, 9.17) is 0 Å². The summed E-state index contributed by atoms with van der Waals surface area (Å²) in [5, 5.41) is 21.7. The van der Waals surface area contributed by atoms with E-state index in [9.17, 15) is 37.9 Å². The second kappa shape index (κ2) is 18.4. The van der Waals surface area contributed by atoms with Gasteiger partial charge in [-0.15, -0.1) is 11.3 Å². The van der Waals surface area contributed by atoms with Crippen LogP contribution >= 0.6 is 11.3 Å². The number of fused-ring (bicyclic) bond motifs is 2. The highest BCUT2D eigenvalue weighted by molar-refractivity contribution is 7.13. The number of rotatable bonds is 12. The predicted octanol–water partition coefficient (Wildman–Crippen LogP) is 5.65. The van der Waals surface area contributed by atoms with Crippen molar-refractivity contribution in [1.82, 2.24) is 29.7 Å². The van der Waals surface area contributed by atoms with Crippen molar-refractivity contribution >= 4 is 63.1 Å². The maximum absolute atomic E-state index is 16.0. The standard InChI is InChI=1S/C48H49F3N10O6S/c49-35-23-29(22-32-34(35)26-61(46(32)66)42(45(65)56-47-52-13-21-68-47)41-38-2-1-14-60(38)27-53-41)28-3-6-31(7-4-28)57-17-19-59(20-18-57)40(63)25-48(67)11-15-58(16-12-48)37-9-5-30(24-33(37)43(50)51)54-36-8-10-39(62)55-44(36)64/h3-7,9,13,21-24,27,36,42-43,54,67H,1-2,8,10-12,14-20,25-26H2,(H,52,56,65)(H,55,62,64). The Bertz CT molecular complexity index is 2770. The highest BCUT2D eigenvalue weighted by Crippen LogP contribution is 2.40. The van der Waals surface area contributed by atoms with Crippen LogP contribution in [0.2, 0.25) is 0 Å². The summed E-state index contributed by atoms with van der Waals surface area (Å²) in [6.45, 7) is 3.14. The molecule has 354 valence electrons. The highest BCUT2D eigenvalue weighted by atomic mass is 32.1. The topological polar surface area (TPSA) is 185 Å². The number of aromatic nitrogens is 3. The van der Waals surface area contributed by atoms with Gasteiger partial charge in [-0.05, 0) is 85.7 Å². The van der Waals surface area contributed by atoms with Crippen LogP contribution in [-0.2, 0) is 38.7 Å². The van der Waals surface area contributed by atoms with Crippen LogP contribution in [0.3, 0.4) is 0 Å². The molecule has 0 spiro atoms. The van der Waals surface area contributed by atoms with Crippen LogP contribution in [0.25, 0.3) is 11.1 Å². The molecule has 7 heterocycles. The van der Waals surface area contributed by atoms with Crippen LogP contribution in [-0.4, -0.2) is 110 Å². The number of anilines is 4. The molecule has 3 saturated heterocycles. The lowest BCUT2D eigenvalue weighted by Gasteiger charge is -2.41. The van der Waals surface area contributed by atoms with Crippen molar-refractivity contribution in [3.8, 4) is 11.1 Å². The largest absolute Gasteiger partial charge is 0.389 e. The van der Waals surface area contributed by atoms with Gasteiger partial charge < -0.3 is 34.6 Å². The molecule has 3 fully saturated rings. The lowest BCUT2D eigenvalue weighted by atomic mass is 9.87. The Morgan fingerprint density at radius 1 is 0.912 bits per heavy atom. The van der Waals surface area contributed by atoms with Gasteiger partial charge in [0, 0.05) is 103 Å². The van der Waals surface area contributed by atoms with Crippen molar-refractivity contribution in [1.29, 1.82) is 0 Å². The Labute approximate surface area is 393 Å². The van der Waals surface area contributed by atoms with Gasteiger partial charge in [-0.3, -0.25) is 34.6 Å². The molecule has 0 aliphatic carbocycles. The molecule has 3 aromatic carbocycles. The van der Waals surface area contributed by atoms with Crippen molar-refractivity contribution in [3.63, 3.8) is 0 Å². The van der Waals surface area contributed by atoms with Gasteiger partial charge in [0.2, 0.25) is 17.7 Å². The molecule has 2 atom stereocenters. The van der Waals surface area contributed by atoms with Crippen LogP contribution < -0.4 is 25.8 Å². The number of benzene rings is 3. The number of amides is 5. The molecule has 68 heavy (non-hydrogen) atoms. The smallest absolute Gasteiger partial charge is 0.265 e. The quantitative estimate of drug-likeness (QED) is 0.113. The predicted molar refractivity (Wildman–Crippen MR) is 247 cm³/mol. The summed E-state index contributed by atoms with van der Waals surface area (Å²) in [4.78, 5) is 81.1. The Balaban J connectivity index is 0.741. The van der Waals surface area contributed by atoms with E-state index >= 15 is 4.39 Å². The van der Waals surface area contributed by atoms with E-state index in [2.05, 4.69) is 30.8 Å². The maximum atomic E-state index is 16.0. The number of hydrogen-bond acceptors (Lipinski definition) is 12. The zero-order valence-corrected chi connectivity index (χ0v) is 37.7. The lowest BCUT2D eigenvalue weighted by molar-refractivity contribution is -0.138. The maximum Gasteiger partial charge on any atom is 0.265 e. The molecule has 0 radical (unpaired) electrons. The van der Waals surface area contributed by atoms with Crippen LogP contribution in [0.1, 0.15) is 83.9 Å². The number of piperazine rings is 1. The number of halogens is 3. The molecule has 20 heteroatoms. The van der Waals surface area contributed by atoms with Crippen molar-refractivity contribution in [2.75, 3.05) is 59.7 Å². The number of nitrogens with one attached hydrogen (secondary N) is 3. The SMILES string of the molecule is O=C1CCC(Nc2ccc(N3CCC(O)(CC(=O)N4CCN(c5ccc(-c6cc(F)c7c(c6)C(=O)N(C(C(=O)Nc6nccs6)c6ncn8c6CCC8)C7)cc5)CC4)CC3)c(C(F)F)c2)C(=O)N1. The molecule has 0 saturated carbocycles. The molecule has 4 N–H and O–H groups in total. The number of aryl methyl sites for hydroxylation is 1. The van der Waals surface area contributed by atoms with Gasteiger partial charge in [0.1, 0.15) is 11.9 Å². The third-order valence-corrected chi connectivity index (χ3v) is 14.5. The van der Waals surface area contributed by atoms with Gasteiger partial charge in [0.25, 0.3) is 18.2 Å². The number of carbonyl (C=O) groups excluding carboxylic acids is 5. The summed E-state index contributed by atoms with van der Waals surface area (Å²) < 4.78 is 46.6. The first-order valence-corrected chi connectivity index (χ1v) is 23.7. The average Bonchev–Trinajstić information content (AvgIpc) is 4.16. The van der Waals surface area contributed by atoms with Gasteiger partial charge in [0.05, 0.1) is 30.6 Å². The molecule has 5 aromatic rings. The summed E-state index contributed by atoms with van der Waals surface area (Å²) in [6.07, 6.45) is 2.82. The number of piperidine rings is 2. The molecular weight excluding hydrogens is 902 g/mol. The first-order valence-electron chi connectivity index (χ1n) is 22.8. The van der Waals surface area contributed by atoms with E-state index in [-0.39, 0.29) is 80.2 Å². The fourth-order valence-corrected chi connectivity index (χ4v) is 10.6. The van der Waals surface area contributed by atoms with E-state index in [0.29, 0.717) is 65.9 Å². The lowest BCUT2D eigenvalue weighted by Crippen LogP contribution is -2.52. The van der Waals surface area contributed by atoms with Crippen molar-refractivity contribution < 1.29 is 42.3 Å². The second-order valence-electron chi connectivity index (χ2n) is 18.0. The summed E-state index contributed by atoms with van der Waals surface area (Å²) in [5.41, 5.74) is 3.04. The Kier molecular flexibility index (Phi) is 12.2. The summed E-state index contributed by atoms with van der Waals surface area (Å²) in [5.74, 6) is -2.53. The van der Waals surface area contributed by atoms with Gasteiger partial charge in [-0.25, -0.2) is 23.1 Å². The number of nitrogens with zero attached hydrogens (tertiary/aromatic N) is 7. The fraction of sp³-hybridized carbons (Fsp3) is 0.396. The van der Waals surface area contributed by atoms with Crippen molar-refractivity contribution in [2.24, 2.45) is 0 Å². The monoisotopic (exact) mass is 950 g/mol. The van der Waals surface area contributed by atoms with Gasteiger partial charge in [-0.2, -0.15) is 0 Å². The number of thiazole rings is 1. The van der Waals surface area contributed by atoms with E-state index in [1.807, 2.05) is 28.8 Å². The molecule has 2 unspecified atom stereocenters. The Hall–Kier alpha value is -6.80. The van der Waals surface area contributed by atoms with Crippen LogP contribution in [0.15, 0.2) is 72.5 Å². The minimum absolute atomic E-state index is 0.0877. The fourth-order valence-electron chi connectivity index (χ4n) is 10.1. The first kappa shape index (κ1) is 45.0. The van der Waals surface area contributed by atoms with Crippen LogP contribution in [0.5, 0.6) is 0 Å². The number of hydrogen-bond donors (Lipinski definition) is 4. The molecule has 5 aliphatic heterocycles. The minimum Gasteiger partial charge on any atom is -0.389 e. The number of alkyl halides is 2. The Morgan fingerprint density at radius 3 is 2.41 bits per heavy atom. The highest BCUT2D eigenvalue weighted by Gasteiger charge is 2.43. The first-order chi connectivity index (χ1) is 32.8. The average molecular weight is 951 g/mol. The number of aliphatic hydroxyl groups is 1. The third-order valence-electron chi connectivity index (χ3n) is 13.8. The summed E-state index contributed by atoms with van der Waals surface area (Å²) >= 11 is 1.26. The van der Waals surface area contributed by atoms with Crippen LogP contribution in [0, 0.1) is 5.82 Å². The normalized spacial score (nSPS) is 19.5. The molecule has 0 bridgehead atoms. The van der Waals surface area contributed by atoms with Crippen LogP contribution in [0.4, 0.5) is 35.4 Å². The van der Waals surface area contributed by atoms with Crippen molar-refractivity contribution in [2.45, 2.75) is 82.1 Å². The third kappa shape index (κ3) is 8.89. The number of imide groups is 1.